The number of morpholine rings is 1. The van der Waals surface area contributed by atoms with Crippen molar-refractivity contribution in [2.45, 2.75) is 20.8 Å². The van der Waals surface area contributed by atoms with Crippen LogP contribution in [-0.4, -0.2) is 31.2 Å². The van der Waals surface area contributed by atoms with Gasteiger partial charge in [0.25, 0.3) is 5.69 Å². The molecule has 2 rings (SSSR count). The lowest BCUT2D eigenvalue weighted by molar-refractivity contribution is -0.384. The molecule has 1 aliphatic rings. The molecular weight excluding hydrogens is 232 g/mol. The van der Waals surface area contributed by atoms with E-state index >= 15 is 0 Å². The molecule has 5 nitrogen and oxygen atoms in total. The van der Waals surface area contributed by atoms with Crippen LogP contribution in [0.15, 0.2) is 18.2 Å². The fourth-order valence-corrected chi connectivity index (χ4v) is 1.91. The molecule has 18 heavy (non-hydrogen) atoms. The standard InChI is InChI=1S/C11H14N2O3.C2H6/c1-9-8-10(13(14)15)2-3-11(9)12-4-6-16-7-5-12;1-2/h2-3,8H,4-7H2,1H3;1-2H3. The van der Waals surface area contributed by atoms with Gasteiger partial charge in [0.1, 0.15) is 0 Å². The van der Waals surface area contributed by atoms with Crippen LogP contribution in [0.3, 0.4) is 0 Å². The monoisotopic (exact) mass is 252 g/mol. The van der Waals surface area contributed by atoms with Crippen molar-refractivity contribution in [3.05, 3.63) is 33.9 Å². The predicted molar refractivity (Wildman–Crippen MR) is 72.2 cm³/mol. The molecular formula is C13H20N2O3. The van der Waals surface area contributed by atoms with E-state index in [0.717, 1.165) is 37.6 Å². The third-order valence-corrected chi connectivity index (χ3v) is 2.74. The van der Waals surface area contributed by atoms with Crippen molar-refractivity contribution >= 4 is 11.4 Å². The molecule has 1 saturated heterocycles. The second-order valence-corrected chi connectivity index (χ2v) is 3.83. The van der Waals surface area contributed by atoms with Crippen LogP contribution in [0.1, 0.15) is 19.4 Å². The van der Waals surface area contributed by atoms with Crippen molar-refractivity contribution in [2.75, 3.05) is 31.2 Å². The summed E-state index contributed by atoms with van der Waals surface area (Å²) in [5.41, 5.74) is 2.15. The van der Waals surface area contributed by atoms with Gasteiger partial charge in [-0.2, -0.15) is 0 Å². The zero-order valence-corrected chi connectivity index (χ0v) is 11.2. The maximum Gasteiger partial charge on any atom is 0.269 e. The highest BCUT2D eigenvalue weighted by Crippen LogP contribution is 2.25. The lowest BCUT2D eigenvalue weighted by atomic mass is 10.1. The van der Waals surface area contributed by atoms with Crippen molar-refractivity contribution in [2.24, 2.45) is 0 Å². The van der Waals surface area contributed by atoms with Crippen LogP contribution in [-0.2, 0) is 4.74 Å². The molecule has 0 saturated carbocycles. The molecule has 1 heterocycles. The number of ether oxygens (including phenoxy) is 1. The highest BCUT2D eigenvalue weighted by Gasteiger charge is 2.15. The number of hydrogen-bond acceptors (Lipinski definition) is 4. The molecule has 0 bridgehead atoms. The fourth-order valence-electron chi connectivity index (χ4n) is 1.91. The zero-order valence-electron chi connectivity index (χ0n) is 11.2. The van der Waals surface area contributed by atoms with Crippen molar-refractivity contribution in [1.82, 2.24) is 0 Å². The van der Waals surface area contributed by atoms with Gasteiger partial charge >= 0.3 is 0 Å². The van der Waals surface area contributed by atoms with Crippen LogP contribution in [0, 0.1) is 17.0 Å². The number of anilines is 1. The van der Waals surface area contributed by atoms with Crippen LogP contribution < -0.4 is 4.90 Å². The number of benzene rings is 1. The van der Waals surface area contributed by atoms with Crippen molar-refractivity contribution in [3.8, 4) is 0 Å². The van der Waals surface area contributed by atoms with E-state index in [0.29, 0.717) is 0 Å². The largest absolute Gasteiger partial charge is 0.378 e. The third kappa shape index (κ3) is 3.43. The van der Waals surface area contributed by atoms with Crippen molar-refractivity contribution in [1.29, 1.82) is 0 Å². The first kappa shape index (κ1) is 14.4. The van der Waals surface area contributed by atoms with Crippen molar-refractivity contribution < 1.29 is 9.66 Å². The van der Waals surface area contributed by atoms with Crippen LogP contribution in [0.2, 0.25) is 0 Å². The van der Waals surface area contributed by atoms with Gasteiger partial charge < -0.3 is 9.64 Å². The van der Waals surface area contributed by atoms with E-state index in [4.69, 9.17) is 4.74 Å². The number of nitro groups is 1. The number of rotatable bonds is 2. The molecule has 5 heteroatoms. The van der Waals surface area contributed by atoms with Gasteiger partial charge in [0.2, 0.25) is 0 Å². The molecule has 0 amide bonds. The zero-order chi connectivity index (χ0) is 13.5. The minimum Gasteiger partial charge on any atom is -0.378 e. The fraction of sp³-hybridized carbons (Fsp3) is 0.538. The Morgan fingerprint density at radius 2 is 1.89 bits per heavy atom. The summed E-state index contributed by atoms with van der Waals surface area (Å²) in [6, 6.07) is 4.99. The van der Waals surface area contributed by atoms with Gasteiger partial charge in [0.05, 0.1) is 18.1 Å². The van der Waals surface area contributed by atoms with Gasteiger partial charge in [-0.1, -0.05) is 13.8 Å². The number of aryl methyl sites for hydroxylation is 1. The van der Waals surface area contributed by atoms with E-state index in [2.05, 4.69) is 4.90 Å². The summed E-state index contributed by atoms with van der Waals surface area (Å²) < 4.78 is 5.27. The van der Waals surface area contributed by atoms with Gasteiger partial charge in [0.15, 0.2) is 0 Å². The Morgan fingerprint density at radius 3 is 2.39 bits per heavy atom. The summed E-state index contributed by atoms with van der Waals surface area (Å²) in [5.74, 6) is 0. The van der Waals surface area contributed by atoms with Crippen LogP contribution in [0.5, 0.6) is 0 Å². The molecule has 0 atom stereocenters. The molecule has 0 aromatic heterocycles. The molecule has 100 valence electrons. The van der Waals surface area contributed by atoms with E-state index in [9.17, 15) is 10.1 Å². The van der Waals surface area contributed by atoms with Crippen LogP contribution >= 0.6 is 0 Å². The molecule has 1 aromatic rings. The lowest BCUT2D eigenvalue weighted by Gasteiger charge is -2.29. The third-order valence-electron chi connectivity index (χ3n) is 2.74. The van der Waals surface area contributed by atoms with Crippen LogP contribution in [0.25, 0.3) is 0 Å². The van der Waals surface area contributed by atoms with E-state index in [1.54, 1.807) is 12.1 Å². The summed E-state index contributed by atoms with van der Waals surface area (Å²) in [7, 11) is 0. The number of nitro benzene ring substituents is 1. The van der Waals surface area contributed by atoms with Gasteiger partial charge in [-0.05, 0) is 18.6 Å². The Morgan fingerprint density at radius 1 is 1.28 bits per heavy atom. The Kier molecular flexibility index (Phi) is 5.58. The molecule has 0 aliphatic carbocycles. The summed E-state index contributed by atoms with van der Waals surface area (Å²) in [4.78, 5) is 12.4. The summed E-state index contributed by atoms with van der Waals surface area (Å²) in [6.07, 6.45) is 0. The summed E-state index contributed by atoms with van der Waals surface area (Å²) in [5, 5.41) is 10.6. The first-order valence-corrected chi connectivity index (χ1v) is 6.26. The normalized spacial score (nSPS) is 14.7. The Bertz CT molecular complexity index is 401. The maximum atomic E-state index is 10.6. The molecule has 0 N–H and O–H groups in total. The van der Waals surface area contributed by atoms with Crippen molar-refractivity contribution in [3.63, 3.8) is 0 Å². The van der Waals surface area contributed by atoms with Gasteiger partial charge in [-0.15, -0.1) is 0 Å². The number of nitrogens with zero attached hydrogens (tertiary/aromatic N) is 2. The average Bonchev–Trinajstić information content (AvgIpc) is 2.42. The summed E-state index contributed by atoms with van der Waals surface area (Å²) >= 11 is 0. The lowest BCUT2D eigenvalue weighted by Crippen LogP contribution is -2.36. The van der Waals surface area contributed by atoms with Gasteiger partial charge in [-0.3, -0.25) is 10.1 Å². The topological polar surface area (TPSA) is 55.6 Å². The predicted octanol–water partition coefficient (Wildman–Crippen LogP) is 2.77. The van der Waals surface area contributed by atoms with Crippen LogP contribution in [0.4, 0.5) is 11.4 Å². The Balaban J connectivity index is 0.000000771. The Labute approximate surface area is 108 Å². The SMILES string of the molecule is CC.Cc1cc([N+](=O)[O-])ccc1N1CCOCC1. The van der Waals surface area contributed by atoms with E-state index in [-0.39, 0.29) is 10.6 Å². The first-order chi connectivity index (χ1) is 8.68. The summed E-state index contributed by atoms with van der Waals surface area (Å²) in [6.45, 7) is 9.03. The average molecular weight is 252 g/mol. The van der Waals surface area contributed by atoms with E-state index < -0.39 is 0 Å². The molecule has 0 unspecified atom stereocenters. The number of hydrogen-bond donors (Lipinski definition) is 0. The highest BCUT2D eigenvalue weighted by molar-refractivity contribution is 5.57. The minimum atomic E-state index is -0.365. The quantitative estimate of drug-likeness (QED) is 0.600. The van der Waals surface area contributed by atoms with Gasteiger partial charge in [0, 0.05) is 30.9 Å². The highest BCUT2D eigenvalue weighted by atomic mass is 16.6. The second kappa shape index (κ2) is 6.96. The first-order valence-electron chi connectivity index (χ1n) is 6.26. The Hall–Kier alpha value is -1.62. The smallest absolute Gasteiger partial charge is 0.269 e. The molecule has 1 aliphatic heterocycles. The molecule has 0 spiro atoms. The second-order valence-electron chi connectivity index (χ2n) is 3.83. The number of non-ortho nitro benzene ring substituents is 1. The maximum absolute atomic E-state index is 10.6. The van der Waals surface area contributed by atoms with E-state index in [1.165, 1.54) is 0 Å². The molecule has 1 fully saturated rings. The molecule has 1 aromatic carbocycles. The molecule has 0 radical (unpaired) electrons. The van der Waals surface area contributed by atoms with E-state index in [1.807, 2.05) is 26.8 Å². The minimum absolute atomic E-state index is 0.148. The van der Waals surface area contributed by atoms with Gasteiger partial charge in [-0.25, -0.2) is 0 Å².